The fraction of sp³-hybridized carbons (Fsp3) is 0.500. The Balaban J connectivity index is 2.11. The molecule has 0 spiro atoms. The Hall–Kier alpha value is -0.330. The predicted molar refractivity (Wildman–Crippen MR) is 84.5 cm³/mol. The number of aliphatic hydroxyl groups excluding tert-OH is 1. The van der Waals surface area contributed by atoms with Gasteiger partial charge < -0.3 is 10.0 Å². The summed E-state index contributed by atoms with van der Waals surface area (Å²) < 4.78 is 0.953. The summed E-state index contributed by atoms with van der Waals surface area (Å²) in [4.78, 5) is 14.4. The van der Waals surface area contributed by atoms with Gasteiger partial charge in [-0.25, -0.2) is 0 Å². The molecule has 2 rings (SSSR count). The van der Waals surface area contributed by atoms with E-state index in [1.807, 2.05) is 17.0 Å². The van der Waals surface area contributed by atoms with Gasteiger partial charge in [0.1, 0.15) is 0 Å². The highest BCUT2D eigenvalue weighted by Crippen LogP contribution is 2.25. The highest BCUT2D eigenvalue weighted by Gasteiger charge is 2.28. The number of carbonyl (C=O) groups excluding carboxylic acids is 1. The van der Waals surface area contributed by atoms with E-state index in [1.165, 1.54) is 0 Å². The maximum absolute atomic E-state index is 12.5. The second kappa shape index (κ2) is 6.90. The van der Waals surface area contributed by atoms with E-state index in [0.29, 0.717) is 10.6 Å². The molecule has 104 valence electrons. The number of halogens is 2. The maximum Gasteiger partial charge on any atom is 0.254 e. The van der Waals surface area contributed by atoms with E-state index in [-0.39, 0.29) is 18.6 Å². The Morgan fingerprint density at radius 1 is 1.53 bits per heavy atom. The lowest BCUT2D eigenvalue weighted by atomic mass is 10.1. The molecular weight excluding hydrogens is 377 g/mol. The summed E-state index contributed by atoms with van der Waals surface area (Å²) in [6.07, 6.45) is 3.70. The third kappa shape index (κ3) is 3.61. The first-order valence-corrected chi connectivity index (χ1v) is 7.96. The van der Waals surface area contributed by atoms with Crippen LogP contribution < -0.4 is 0 Å². The minimum Gasteiger partial charge on any atom is -0.396 e. The molecular formula is C14H17ClINO2. The zero-order valence-corrected chi connectivity index (χ0v) is 13.5. The van der Waals surface area contributed by atoms with Crippen LogP contribution in [-0.2, 0) is 0 Å². The summed E-state index contributed by atoms with van der Waals surface area (Å²) in [5.74, 6) is 0.0544. The van der Waals surface area contributed by atoms with E-state index in [0.717, 1.165) is 35.8 Å². The van der Waals surface area contributed by atoms with Crippen LogP contribution in [0.2, 0.25) is 5.02 Å². The number of rotatable bonds is 4. The fourth-order valence-corrected chi connectivity index (χ4v) is 3.04. The number of amides is 1. The van der Waals surface area contributed by atoms with Crippen LogP contribution in [0.5, 0.6) is 0 Å². The Morgan fingerprint density at radius 3 is 3.00 bits per heavy atom. The van der Waals surface area contributed by atoms with Gasteiger partial charge in [-0.3, -0.25) is 4.79 Å². The Morgan fingerprint density at radius 2 is 2.32 bits per heavy atom. The third-order valence-electron chi connectivity index (χ3n) is 3.50. The van der Waals surface area contributed by atoms with E-state index >= 15 is 0 Å². The molecule has 1 aliphatic rings. The van der Waals surface area contributed by atoms with E-state index in [1.54, 1.807) is 6.07 Å². The van der Waals surface area contributed by atoms with Crippen LogP contribution >= 0.6 is 34.2 Å². The average Bonchev–Trinajstić information content (AvgIpc) is 2.87. The molecule has 0 radical (unpaired) electrons. The van der Waals surface area contributed by atoms with E-state index < -0.39 is 0 Å². The van der Waals surface area contributed by atoms with Gasteiger partial charge in [-0.1, -0.05) is 11.6 Å². The third-order valence-corrected chi connectivity index (χ3v) is 5.07. The van der Waals surface area contributed by atoms with E-state index in [2.05, 4.69) is 22.6 Å². The molecule has 1 N–H and O–H groups in total. The number of aliphatic hydroxyl groups is 1. The molecule has 1 aromatic carbocycles. The first-order valence-electron chi connectivity index (χ1n) is 6.50. The van der Waals surface area contributed by atoms with Crippen LogP contribution in [0, 0.1) is 3.57 Å². The van der Waals surface area contributed by atoms with Gasteiger partial charge in [0.15, 0.2) is 0 Å². The highest BCUT2D eigenvalue weighted by molar-refractivity contribution is 14.1. The van der Waals surface area contributed by atoms with Crippen molar-refractivity contribution in [3.05, 3.63) is 32.4 Å². The lowest BCUT2D eigenvalue weighted by Gasteiger charge is -2.24. The molecule has 0 aliphatic carbocycles. The molecule has 5 heteroatoms. The molecule has 1 aromatic rings. The Kier molecular flexibility index (Phi) is 5.47. The van der Waals surface area contributed by atoms with Crippen LogP contribution in [0.15, 0.2) is 18.2 Å². The van der Waals surface area contributed by atoms with Gasteiger partial charge in [-0.05, 0) is 66.5 Å². The van der Waals surface area contributed by atoms with E-state index in [4.69, 9.17) is 16.7 Å². The van der Waals surface area contributed by atoms with Gasteiger partial charge in [0, 0.05) is 28.3 Å². The van der Waals surface area contributed by atoms with Crippen LogP contribution in [0.25, 0.3) is 0 Å². The van der Waals surface area contributed by atoms with E-state index in [9.17, 15) is 4.79 Å². The maximum atomic E-state index is 12.5. The SMILES string of the molecule is O=C(c1ccc(I)c(Cl)c1)N1CCCC1CCCO. The quantitative estimate of drug-likeness (QED) is 0.797. The molecule has 0 aromatic heterocycles. The van der Waals surface area contributed by atoms with Crippen molar-refractivity contribution in [3.63, 3.8) is 0 Å². The Labute approximate surface area is 132 Å². The second-order valence-corrected chi connectivity index (χ2v) is 6.36. The number of hydrogen-bond acceptors (Lipinski definition) is 2. The monoisotopic (exact) mass is 393 g/mol. The van der Waals surface area contributed by atoms with Crippen molar-refractivity contribution in [2.45, 2.75) is 31.7 Å². The van der Waals surface area contributed by atoms with Gasteiger partial charge in [-0.15, -0.1) is 0 Å². The summed E-state index contributed by atoms with van der Waals surface area (Å²) in [7, 11) is 0. The van der Waals surface area contributed by atoms with Crippen LogP contribution in [0.3, 0.4) is 0 Å². The summed E-state index contributed by atoms with van der Waals surface area (Å²) in [5, 5.41) is 9.54. The topological polar surface area (TPSA) is 40.5 Å². The lowest BCUT2D eigenvalue weighted by Crippen LogP contribution is -2.35. The van der Waals surface area contributed by atoms with Crippen molar-refractivity contribution in [2.24, 2.45) is 0 Å². The molecule has 19 heavy (non-hydrogen) atoms. The fourth-order valence-electron chi connectivity index (χ4n) is 2.53. The van der Waals surface area contributed by atoms with Crippen molar-refractivity contribution in [1.82, 2.24) is 4.90 Å². The minimum absolute atomic E-state index is 0.0544. The number of hydrogen-bond donors (Lipinski definition) is 1. The largest absolute Gasteiger partial charge is 0.396 e. The first kappa shape index (κ1) is 15.1. The number of benzene rings is 1. The minimum atomic E-state index is 0.0544. The van der Waals surface area contributed by atoms with Crippen LogP contribution in [0.4, 0.5) is 0 Å². The summed E-state index contributed by atoms with van der Waals surface area (Å²) in [5.41, 5.74) is 0.654. The van der Waals surface area contributed by atoms with Crippen LogP contribution in [-0.4, -0.2) is 35.1 Å². The average molecular weight is 394 g/mol. The molecule has 0 bridgehead atoms. The van der Waals surface area contributed by atoms with Gasteiger partial charge in [-0.2, -0.15) is 0 Å². The molecule has 1 unspecified atom stereocenters. The summed E-state index contributed by atoms with van der Waals surface area (Å²) in [6, 6.07) is 5.71. The van der Waals surface area contributed by atoms with Crippen molar-refractivity contribution in [2.75, 3.05) is 13.2 Å². The number of carbonyl (C=O) groups is 1. The van der Waals surface area contributed by atoms with Gasteiger partial charge >= 0.3 is 0 Å². The molecule has 1 atom stereocenters. The van der Waals surface area contributed by atoms with Gasteiger partial charge in [0.25, 0.3) is 5.91 Å². The molecule has 3 nitrogen and oxygen atoms in total. The summed E-state index contributed by atoms with van der Waals surface area (Å²) in [6.45, 7) is 0.992. The van der Waals surface area contributed by atoms with Crippen LogP contribution in [0.1, 0.15) is 36.0 Å². The number of nitrogens with zero attached hydrogens (tertiary/aromatic N) is 1. The van der Waals surface area contributed by atoms with Crippen molar-refractivity contribution < 1.29 is 9.90 Å². The molecule has 0 saturated carbocycles. The summed E-state index contributed by atoms with van der Waals surface area (Å²) >= 11 is 8.22. The van der Waals surface area contributed by atoms with Crippen molar-refractivity contribution in [1.29, 1.82) is 0 Å². The highest BCUT2D eigenvalue weighted by atomic mass is 127. The van der Waals surface area contributed by atoms with Crippen molar-refractivity contribution in [3.8, 4) is 0 Å². The normalized spacial score (nSPS) is 18.9. The zero-order valence-electron chi connectivity index (χ0n) is 10.6. The van der Waals surface area contributed by atoms with Gasteiger partial charge in [0.2, 0.25) is 0 Å². The molecule has 1 aliphatic heterocycles. The molecule has 1 fully saturated rings. The van der Waals surface area contributed by atoms with Crippen molar-refractivity contribution >= 4 is 40.1 Å². The standard InChI is InChI=1S/C14H17ClINO2/c15-12-9-10(5-6-13(12)16)14(19)17-7-1-3-11(17)4-2-8-18/h5-6,9,11,18H,1-4,7-8H2. The predicted octanol–water partition coefficient (Wildman–Crippen LogP) is 3.32. The lowest BCUT2D eigenvalue weighted by molar-refractivity contribution is 0.0724. The smallest absolute Gasteiger partial charge is 0.254 e. The van der Waals surface area contributed by atoms with Gasteiger partial charge in [0.05, 0.1) is 5.02 Å². The molecule has 1 amide bonds. The zero-order chi connectivity index (χ0) is 13.8. The first-order chi connectivity index (χ1) is 9.13. The molecule has 1 saturated heterocycles. The second-order valence-electron chi connectivity index (χ2n) is 4.79. The Bertz CT molecular complexity index is 467. The molecule has 1 heterocycles. The number of likely N-dealkylation sites (tertiary alicyclic amines) is 1.